The van der Waals surface area contributed by atoms with Gasteiger partial charge < -0.3 is 5.73 Å². The van der Waals surface area contributed by atoms with Crippen molar-refractivity contribution < 1.29 is 0 Å². The van der Waals surface area contributed by atoms with Gasteiger partial charge in [-0.3, -0.25) is 4.98 Å². The second-order valence-electron chi connectivity index (χ2n) is 4.83. The first-order chi connectivity index (χ1) is 6.81. The zero-order valence-corrected chi connectivity index (χ0v) is 11.0. The standard InChI is InChI=1S/C12H20N2S/c1-8-6-14-10(9(2)11(8)13)7-15-12(3,4)5/h6H,7H2,1-5H3,(H2,13,14). The van der Waals surface area contributed by atoms with Crippen molar-refractivity contribution in [3.05, 3.63) is 23.0 Å². The SMILES string of the molecule is Cc1cnc(CSC(C)(C)C)c(C)c1N. The van der Waals surface area contributed by atoms with Crippen LogP contribution in [0.3, 0.4) is 0 Å². The lowest BCUT2D eigenvalue weighted by Gasteiger charge is -2.18. The molecule has 1 aromatic heterocycles. The molecule has 0 aromatic carbocycles. The summed E-state index contributed by atoms with van der Waals surface area (Å²) in [5.74, 6) is 0.930. The van der Waals surface area contributed by atoms with Crippen LogP contribution in [0.15, 0.2) is 6.20 Å². The highest BCUT2D eigenvalue weighted by molar-refractivity contribution is 7.99. The zero-order chi connectivity index (χ0) is 11.6. The smallest absolute Gasteiger partial charge is 0.0552 e. The number of anilines is 1. The molecule has 84 valence electrons. The Hall–Kier alpha value is -0.700. The van der Waals surface area contributed by atoms with Crippen LogP contribution in [0.1, 0.15) is 37.6 Å². The van der Waals surface area contributed by atoms with Gasteiger partial charge in [0, 0.05) is 22.4 Å². The maximum atomic E-state index is 5.97. The Balaban J connectivity index is 2.83. The maximum Gasteiger partial charge on any atom is 0.0552 e. The summed E-state index contributed by atoms with van der Waals surface area (Å²) < 4.78 is 0.272. The van der Waals surface area contributed by atoms with Crippen molar-refractivity contribution in [2.24, 2.45) is 0 Å². The van der Waals surface area contributed by atoms with Gasteiger partial charge in [-0.25, -0.2) is 0 Å². The molecule has 0 aliphatic carbocycles. The van der Waals surface area contributed by atoms with E-state index in [-0.39, 0.29) is 4.75 Å². The molecule has 0 atom stereocenters. The number of nitrogen functional groups attached to an aromatic ring is 1. The Kier molecular flexibility index (Phi) is 3.66. The van der Waals surface area contributed by atoms with Gasteiger partial charge in [0.25, 0.3) is 0 Å². The maximum absolute atomic E-state index is 5.97. The fourth-order valence-corrected chi connectivity index (χ4v) is 2.08. The van der Waals surface area contributed by atoms with Gasteiger partial charge in [-0.1, -0.05) is 20.8 Å². The van der Waals surface area contributed by atoms with E-state index in [0.29, 0.717) is 0 Å². The molecule has 2 nitrogen and oxygen atoms in total. The molecule has 0 saturated heterocycles. The monoisotopic (exact) mass is 224 g/mol. The minimum Gasteiger partial charge on any atom is -0.398 e. The highest BCUT2D eigenvalue weighted by Crippen LogP contribution is 2.29. The number of thioether (sulfide) groups is 1. The third kappa shape index (κ3) is 3.42. The van der Waals surface area contributed by atoms with Crippen LogP contribution in [0, 0.1) is 13.8 Å². The number of nitrogens with zero attached hydrogens (tertiary/aromatic N) is 1. The second kappa shape index (κ2) is 4.44. The summed E-state index contributed by atoms with van der Waals surface area (Å²) in [6, 6.07) is 0. The van der Waals surface area contributed by atoms with Crippen molar-refractivity contribution in [2.45, 2.75) is 45.1 Å². The summed E-state index contributed by atoms with van der Waals surface area (Å²) in [4.78, 5) is 4.44. The molecule has 0 saturated carbocycles. The minimum atomic E-state index is 0.272. The molecule has 1 heterocycles. The first kappa shape index (κ1) is 12.4. The molecule has 3 heteroatoms. The van der Waals surface area contributed by atoms with E-state index < -0.39 is 0 Å². The topological polar surface area (TPSA) is 38.9 Å². The van der Waals surface area contributed by atoms with E-state index in [9.17, 15) is 0 Å². The molecular formula is C12H20N2S. The van der Waals surface area contributed by atoms with Gasteiger partial charge in [0.2, 0.25) is 0 Å². The molecule has 0 bridgehead atoms. The summed E-state index contributed by atoms with van der Waals surface area (Å²) in [7, 11) is 0. The quantitative estimate of drug-likeness (QED) is 0.837. The van der Waals surface area contributed by atoms with Crippen LogP contribution >= 0.6 is 11.8 Å². The Morgan fingerprint density at radius 3 is 2.47 bits per heavy atom. The molecule has 0 aliphatic rings. The van der Waals surface area contributed by atoms with E-state index in [0.717, 1.165) is 28.3 Å². The molecule has 15 heavy (non-hydrogen) atoms. The molecule has 2 N–H and O–H groups in total. The van der Waals surface area contributed by atoms with Crippen LogP contribution in [0.4, 0.5) is 5.69 Å². The predicted octanol–water partition coefficient (Wildman–Crippen LogP) is 3.31. The van der Waals surface area contributed by atoms with Crippen molar-refractivity contribution >= 4 is 17.4 Å². The van der Waals surface area contributed by atoms with Gasteiger partial charge in [-0.05, 0) is 25.0 Å². The summed E-state index contributed by atoms with van der Waals surface area (Å²) in [5.41, 5.74) is 10.2. The van der Waals surface area contributed by atoms with Crippen LogP contribution in [-0.2, 0) is 5.75 Å². The van der Waals surface area contributed by atoms with E-state index in [1.54, 1.807) is 0 Å². The van der Waals surface area contributed by atoms with E-state index in [2.05, 4.69) is 25.8 Å². The lowest BCUT2D eigenvalue weighted by atomic mass is 10.1. The molecule has 0 amide bonds. The van der Waals surface area contributed by atoms with Gasteiger partial charge >= 0.3 is 0 Å². The normalized spacial score (nSPS) is 11.8. The lowest BCUT2D eigenvalue weighted by Crippen LogP contribution is -2.09. The molecule has 0 spiro atoms. The van der Waals surface area contributed by atoms with E-state index >= 15 is 0 Å². The van der Waals surface area contributed by atoms with Crippen molar-refractivity contribution in [3.63, 3.8) is 0 Å². The Morgan fingerprint density at radius 1 is 1.33 bits per heavy atom. The summed E-state index contributed by atoms with van der Waals surface area (Å²) >= 11 is 1.90. The number of hydrogen-bond acceptors (Lipinski definition) is 3. The van der Waals surface area contributed by atoms with Crippen molar-refractivity contribution in [1.29, 1.82) is 0 Å². The molecule has 1 aromatic rings. The fraction of sp³-hybridized carbons (Fsp3) is 0.583. The summed E-state index contributed by atoms with van der Waals surface area (Å²) in [6.07, 6.45) is 1.86. The lowest BCUT2D eigenvalue weighted by molar-refractivity contribution is 0.801. The number of aryl methyl sites for hydroxylation is 1. The zero-order valence-electron chi connectivity index (χ0n) is 10.2. The number of pyridine rings is 1. The van der Waals surface area contributed by atoms with Crippen molar-refractivity contribution in [3.8, 4) is 0 Å². The fourth-order valence-electron chi connectivity index (χ4n) is 1.22. The predicted molar refractivity (Wildman–Crippen MR) is 69.2 cm³/mol. The van der Waals surface area contributed by atoms with Gasteiger partial charge in [0.15, 0.2) is 0 Å². The van der Waals surface area contributed by atoms with Gasteiger partial charge in [0.05, 0.1) is 5.69 Å². The molecule has 0 unspecified atom stereocenters. The highest BCUT2D eigenvalue weighted by Gasteiger charge is 2.13. The number of rotatable bonds is 2. The van der Waals surface area contributed by atoms with Crippen LogP contribution in [0.2, 0.25) is 0 Å². The second-order valence-corrected chi connectivity index (χ2v) is 6.63. The Bertz CT molecular complexity index is 353. The number of hydrogen-bond donors (Lipinski definition) is 1. The summed E-state index contributed by atoms with van der Waals surface area (Å²) in [5, 5.41) is 0. The number of aromatic nitrogens is 1. The third-order valence-electron chi connectivity index (χ3n) is 2.32. The van der Waals surface area contributed by atoms with Crippen molar-refractivity contribution in [2.75, 3.05) is 5.73 Å². The Morgan fingerprint density at radius 2 is 1.93 bits per heavy atom. The first-order valence-electron chi connectivity index (χ1n) is 5.16. The number of nitrogens with two attached hydrogens (primary N) is 1. The third-order valence-corrected chi connectivity index (χ3v) is 3.60. The average Bonchev–Trinajstić information content (AvgIpc) is 2.12. The Labute approximate surface area is 96.7 Å². The first-order valence-corrected chi connectivity index (χ1v) is 6.14. The van der Waals surface area contributed by atoms with Gasteiger partial charge in [-0.2, -0.15) is 0 Å². The highest BCUT2D eigenvalue weighted by atomic mass is 32.2. The van der Waals surface area contributed by atoms with Crippen LogP contribution in [-0.4, -0.2) is 9.73 Å². The molecular weight excluding hydrogens is 204 g/mol. The van der Waals surface area contributed by atoms with Gasteiger partial charge in [0.1, 0.15) is 0 Å². The summed E-state index contributed by atoms with van der Waals surface area (Å²) in [6.45, 7) is 10.7. The van der Waals surface area contributed by atoms with Crippen LogP contribution < -0.4 is 5.73 Å². The van der Waals surface area contributed by atoms with Crippen molar-refractivity contribution in [1.82, 2.24) is 4.98 Å². The largest absolute Gasteiger partial charge is 0.398 e. The molecule has 0 aliphatic heterocycles. The molecule has 0 radical (unpaired) electrons. The molecule has 0 fully saturated rings. The molecule has 1 rings (SSSR count). The minimum absolute atomic E-state index is 0.272. The average molecular weight is 224 g/mol. The van der Waals surface area contributed by atoms with E-state index in [1.807, 2.05) is 31.8 Å². The van der Waals surface area contributed by atoms with Crippen LogP contribution in [0.5, 0.6) is 0 Å². The van der Waals surface area contributed by atoms with Crippen LogP contribution in [0.25, 0.3) is 0 Å². The van der Waals surface area contributed by atoms with E-state index in [1.165, 1.54) is 0 Å². The van der Waals surface area contributed by atoms with E-state index in [4.69, 9.17) is 5.73 Å². The van der Waals surface area contributed by atoms with Gasteiger partial charge in [-0.15, -0.1) is 11.8 Å².